The fraction of sp³-hybridized carbons (Fsp3) is 0.474. The van der Waals surface area contributed by atoms with Crippen LogP contribution in [-0.2, 0) is 14.3 Å². The maximum absolute atomic E-state index is 12.2. The maximum Gasteiger partial charge on any atom is 0.308 e. The molecule has 148 valence electrons. The van der Waals surface area contributed by atoms with E-state index in [9.17, 15) is 9.59 Å². The van der Waals surface area contributed by atoms with Crippen LogP contribution < -0.4 is 19.6 Å². The number of rotatable bonds is 6. The van der Waals surface area contributed by atoms with E-state index in [1.54, 1.807) is 18.2 Å². The summed E-state index contributed by atoms with van der Waals surface area (Å²) < 4.78 is 21.3. The summed E-state index contributed by atoms with van der Waals surface area (Å²) in [4.78, 5) is 23.5. The molecule has 0 bridgehead atoms. The molecule has 0 aromatic heterocycles. The van der Waals surface area contributed by atoms with E-state index in [1.165, 1.54) is 27.2 Å². The zero-order valence-electron chi connectivity index (χ0n) is 16.3. The van der Waals surface area contributed by atoms with Gasteiger partial charge in [0, 0.05) is 26.1 Å². The van der Waals surface area contributed by atoms with E-state index < -0.39 is 5.97 Å². The molecule has 0 unspecified atom stereocenters. The lowest BCUT2D eigenvalue weighted by atomic mass is 10.1. The molecule has 0 spiro atoms. The Labute approximate surface area is 159 Å². The fourth-order valence-electron chi connectivity index (χ4n) is 2.87. The van der Waals surface area contributed by atoms with Crippen molar-refractivity contribution in [1.82, 2.24) is 10.4 Å². The molecule has 1 aromatic rings. The minimum atomic E-state index is -0.483. The molecule has 2 rings (SSSR count). The highest BCUT2D eigenvalue weighted by molar-refractivity contribution is 5.91. The van der Waals surface area contributed by atoms with Gasteiger partial charge >= 0.3 is 5.97 Å². The number of esters is 1. The van der Waals surface area contributed by atoms with Crippen molar-refractivity contribution >= 4 is 18.0 Å². The van der Waals surface area contributed by atoms with Crippen LogP contribution >= 0.6 is 0 Å². The molecule has 1 aliphatic rings. The Morgan fingerprint density at radius 2 is 1.70 bits per heavy atom. The van der Waals surface area contributed by atoms with E-state index in [4.69, 9.17) is 18.9 Å². The molecule has 27 heavy (non-hydrogen) atoms. The molecule has 1 fully saturated rings. The van der Waals surface area contributed by atoms with Crippen LogP contribution in [0.15, 0.2) is 18.2 Å². The standard InChI is InChI=1S/C19H26N2O6/c1-12-10-21(11-13(2)26-12)20-18(23)7-6-15-8-16(24-4)19(27-14(3)22)17(9-15)25-5/h6-9,12-13H,10-11H2,1-5H3,(H,20,23)/t12-,13+. The Kier molecular flexibility index (Phi) is 7.20. The van der Waals surface area contributed by atoms with Gasteiger partial charge in [0.1, 0.15) is 0 Å². The Morgan fingerprint density at radius 3 is 2.19 bits per heavy atom. The number of carbonyl (C=O) groups is 2. The van der Waals surface area contributed by atoms with Crippen LogP contribution in [0, 0.1) is 0 Å². The summed E-state index contributed by atoms with van der Waals surface area (Å²) >= 11 is 0. The molecule has 0 radical (unpaired) electrons. The number of nitrogens with one attached hydrogen (secondary N) is 1. The van der Waals surface area contributed by atoms with Crippen molar-refractivity contribution in [3.05, 3.63) is 23.8 Å². The first-order valence-corrected chi connectivity index (χ1v) is 8.66. The third kappa shape index (κ3) is 5.97. The molecule has 2 atom stereocenters. The van der Waals surface area contributed by atoms with E-state index >= 15 is 0 Å². The lowest BCUT2D eigenvalue weighted by Gasteiger charge is -2.34. The molecular formula is C19H26N2O6. The Bertz CT molecular complexity index is 683. The summed E-state index contributed by atoms with van der Waals surface area (Å²) in [6, 6.07) is 3.31. The van der Waals surface area contributed by atoms with Crippen molar-refractivity contribution in [3.8, 4) is 17.2 Å². The highest BCUT2D eigenvalue weighted by Crippen LogP contribution is 2.39. The number of amides is 1. The van der Waals surface area contributed by atoms with Gasteiger partial charge in [-0.05, 0) is 37.6 Å². The molecule has 0 saturated carbocycles. The SMILES string of the molecule is COc1cc(C=CC(=O)NN2C[C@@H](C)O[C@@H](C)C2)cc(OC)c1OC(C)=O. The molecule has 1 N–H and O–H groups in total. The number of carbonyl (C=O) groups excluding carboxylic acids is 2. The number of nitrogens with zero attached hydrogens (tertiary/aromatic N) is 1. The minimum absolute atomic E-state index is 0.0559. The first kappa shape index (κ1) is 20.7. The van der Waals surface area contributed by atoms with E-state index in [0.29, 0.717) is 30.2 Å². The van der Waals surface area contributed by atoms with Gasteiger partial charge < -0.3 is 18.9 Å². The Hall–Kier alpha value is -2.58. The van der Waals surface area contributed by atoms with Gasteiger partial charge in [0.25, 0.3) is 5.91 Å². The molecular weight excluding hydrogens is 352 g/mol. The number of hydrazine groups is 1. The number of hydrogen-bond donors (Lipinski definition) is 1. The van der Waals surface area contributed by atoms with Gasteiger partial charge in [-0.3, -0.25) is 15.0 Å². The van der Waals surface area contributed by atoms with E-state index in [2.05, 4.69) is 5.43 Å². The first-order chi connectivity index (χ1) is 12.8. The quantitative estimate of drug-likeness (QED) is 0.459. The van der Waals surface area contributed by atoms with E-state index in [1.807, 2.05) is 18.9 Å². The summed E-state index contributed by atoms with van der Waals surface area (Å²) in [5.74, 6) is 0.132. The van der Waals surface area contributed by atoms with Gasteiger partial charge in [0.15, 0.2) is 11.5 Å². The van der Waals surface area contributed by atoms with Gasteiger partial charge in [-0.2, -0.15) is 0 Å². The van der Waals surface area contributed by atoms with Gasteiger partial charge in [-0.25, -0.2) is 5.01 Å². The molecule has 8 heteroatoms. The monoisotopic (exact) mass is 378 g/mol. The average molecular weight is 378 g/mol. The van der Waals surface area contributed by atoms with Crippen molar-refractivity contribution in [2.24, 2.45) is 0 Å². The summed E-state index contributed by atoms with van der Waals surface area (Å²) in [7, 11) is 2.92. The van der Waals surface area contributed by atoms with Crippen LogP contribution in [-0.4, -0.2) is 56.4 Å². The highest BCUT2D eigenvalue weighted by atomic mass is 16.6. The lowest BCUT2D eigenvalue weighted by molar-refractivity contribution is -0.132. The topological polar surface area (TPSA) is 86.3 Å². The van der Waals surface area contributed by atoms with Gasteiger partial charge in [-0.15, -0.1) is 0 Å². The summed E-state index contributed by atoms with van der Waals surface area (Å²) in [6.45, 7) is 6.48. The largest absolute Gasteiger partial charge is 0.493 e. The van der Waals surface area contributed by atoms with Crippen molar-refractivity contribution in [3.63, 3.8) is 0 Å². The number of hydrogen-bond acceptors (Lipinski definition) is 7. The maximum atomic E-state index is 12.2. The van der Waals surface area contributed by atoms with Crippen LogP contribution in [0.4, 0.5) is 0 Å². The smallest absolute Gasteiger partial charge is 0.308 e. The van der Waals surface area contributed by atoms with Crippen molar-refractivity contribution in [2.75, 3.05) is 27.3 Å². The van der Waals surface area contributed by atoms with E-state index in [0.717, 1.165) is 0 Å². The number of methoxy groups -OCH3 is 2. The predicted molar refractivity (Wildman–Crippen MR) is 99.6 cm³/mol. The van der Waals surface area contributed by atoms with Crippen LogP contribution in [0.3, 0.4) is 0 Å². The molecule has 1 aromatic carbocycles. The van der Waals surface area contributed by atoms with Crippen LogP contribution in [0.25, 0.3) is 6.08 Å². The normalized spacial score (nSPS) is 20.3. The van der Waals surface area contributed by atoms with E-state index in [-0.39, 0.29) is 23.9 Å². The molecule has 1 amide bonds. The van der Waals surface area contributed by atoms with Crippen LogP contribution in [0.5, 0.6) is 17.2 Å². The average Bonchev–Trinajstić information content (AvgIpc) is 2.59. The fourth-order valence-corrected chi connectivity index (χ4v) is 2.87. The summed E-state index contributed by atoms with van der Waals surface area (Å²) in [6.07, 6.45) is 3.16. The van der Waals surface area contributed by atoms with Gasteiger partial charge in [0.2, 0.25) is 5.75 Å². The highest BCUT2D eigenvalue weighted by Gasteiger charge is 2.22. The second-order valence-corrected chi connectivity index (χ2v) is 6.32. The number of ether oxygens (including phenoxy) is 4. The zero-order chi connectivity index (χ0) is 20.0. The lowest BCUT2D eigenvalue weighted by Crippen LogP contribution is -2.53. The molecule has 0 aliphatic carbocycles. The van der Waals surface area contributed by atoms with Crippen molar-refractivity contribution in [2.45, 2.75) is 33.0 Å². The van der Waals surface area contributed by atoms with Crippen molar-refractivity contribution in [1.29, 1.82) is 0 Å². The van der Waals surface area contributed by atoms with Gasteiger partial charge in [-0.1, -0.05) is 0 Å². The Balaban J connectivity index is 2.11. The third-order valence-corrected chi connectivity index (χ3v) is 3.84. The number of morpholine rings is 1. The zero-order valence-corrected chi connectivity index (χ0v) is 16.3. The molecule has 1 heterocycles. The second-order valence-electron chi connectivity index (χ2n) is 6.32. The molecule has 1 aliphatic heterocycles. The second kappa shape index (κ2) is 9.38. The summed E-state index contributed by atoms with van der Waals surface area (Å²) in [5, 5.41) is 1.84. The first-order valence-electron chi connectivity index (χ1n) is 8.66. The van der Waals surface area contributed by atoms with Gasteiger partial charge in [0.05, 0.1) is 26.4 Å². The summed E-state index contributed by atoms with van der Waals surface area (Å²) in [5.41, 5.74) is 3.51. The molecule has 8 nitrogen and oxygen atoms in total. The van der Waals surface area contributed by atoms with Crippen molar-refractivity contribution < 1.29 is 28.5 Å². The Morgan fingerprint density at radius 1 is 1.15 bits per heavy atom. The third-order valence-electron chi connectivity index (χ3n) is 3.84. The van der Waals surface area contributed by atoms with Crippen LogP contribution in [0.2, 0.25) is 0 Å². The van der Waals surface area contributed by atoms with Crippen LogP contribution in [0.1, 0.15) is 26.3 Å². The predicted octanol–water partition coefficient (Wildman–Crippen LogP) is 1.78. The molecule has 1 saturated heterocycles. The number of benzene rings is 1. The minimum Gasteiger partial charge on any atom is -0.493 e.